The summed E-state index contributed by atoms with van der Waals surface area (Å²) in [7, 11) is 1.85. The first-order valence-corrected chi connectivity index (χ1v) is 4.41. The lowest BCUT2D eigenvalue weighted by atomic mass is 10.3. The van der Waals surface area contributed by atoms with E-state index in [1.807, 2.05) is 7.05 Å². The smallest absolute Gasteiger partial charge is 0.249 e. The van der Waals surface area contributed by atoms with Crippen molar-refractivity contribution < 1.29 is 4.79 Å². The SMILES string of the molecule is CNCCCC(=O)Nc1nccnn1. The normalized spacial score (nSPS) is 9.79. The summed E-state index contributed by atoms with van der Waals surface area (Å²) in [6.07, 6.45) is 4.19. The van der Waals surface area contributed by atoms with Crippen LogP contribution in [-0.2, 0) is 4.79 Å². The molecule has 1 rings (SSSR count). The average molecular weight is 195 g/mol. The van der Waals surface area contributed by atoms with Gasteiger partial charge in [-0.2, -0.15) is 5.10 Å². The molecule has 0 aliphatic heterocycles. The number of nitrogens with zero attached hydrogens (tertiary/aromatic N) is 3. The average Bonchev–Trinajstić information content (AvgIpc) is 2.20. The van der Waals surface area contributed by atoms with Gasteiger partial charge in [0.05, 0.1) is 12.4 Å². The minimum absolute atomic E-state index is 0.0896. The summed E-state index contributed by atoms with van der Waals surface area (Å²) < 4.78 is 0. The monoisotopic (exact) mass is 195 g/mol. The fourth-order valence-electron chi connectivity index (χ4n) is 0.918. The van der Waals surface area contributed by atoms with Crippen LogP contribution in [0.15, 0.2) is 12.4 Å². The zero-order valence-corrected chi connectivity index (χ0v) is 8.03. The van der Waals surface area contributed by atoms with Gasteiger partial charge in [0.25, 0.3) is 0 Å². The molecule has 0 saturated heterocycles. The molecule has 2 N–H and O–H groups in total. The van der Waals surface area contributed by atoms with Gasteiger partial charge >= 0.3 is 0 Å². The molecule has 1 aromatic rings. The van der Waals surface area contributed by atoms with Gasteiger partial charge in [0, 0.05) is 6.42 Å². The van der Waals surface area contributed by atoms with Crippen molar-refractivity contribution in [2.75, 3.05) is 18.9 Å². The highest BCUT2D eigenvalue weighted by Crippen LogP contribution is 1.95. The van der Waals surface area contributed by atoms with Gasteiger partial charge < -0.3 is 5.32 Å². The van der Waals surface area contributed by atoms with Crippen LogP contribution in [0.3, 0.4) is 0 Å². The predicted molar refractivity (Wildman–Crippen MR) is 51.6 cm³/mol. The Labute approximate surface area is 82.1 Å². The van der Waals surface area contributed by atoms with Gasteiger partial charge in [0.1, 0.15) is 0 Å². The Kier molecular flexibility index (Phi) is 4.49. The lowest BCUT2D eigenvalue weighted by molar-refractivity contribution is -0.116. The van der Waals surface area contributed by atoms with Crippen molar-refractivity contribution in [1.82, 2.24) is 20.5 Å². The molecule has 0 unspecified atom stereocenters. The quantitative estimate of drug-likeness (QED) is 0.636. The second-order valence-corrected chi connectivity index (χ2v) is 2.72. The molecule has 0 atom stereocenters. The van der Waals surface area contributed by atoms with Crippen LogP contribution in [0.2, 0.25) is 0 Å². The molecule has 0 saturated carbocycles. The number of amides is 1. The van der Waals surface area contributed by atoms with Crippen LogP contribution < -0.4 is 10.6 Å². The van der Waals surface area contributed by atoms with E-state index in [0.717, 1.165) is 13.0 Å². The number of nitrogens with one attached hydrogen (secondary N) is 2. The Morgan fingerprint density at radius 1 is 1.50 bits per heavy atom. The third-order valence-electron chi connectivity index (χ3n) is 1.56. The number of aromatic nitrogens is 3. The Morgan fingerprint density at radius 2 is 2.36 bits per heavy atom. The van der Waals surface area contributed by atoms with E-state index >= 15 is 0 Å². The Morgan fingerprint density at radius 3 is 3.00 bits per heavy atom. The number of anilines is 1. The zero-order chi connectivity index (χ0) is 10.2. The van der Waals surface area contributed by atoms with Crippen molar-refractivity contribution in [1.29, 1.82) is 0 Å². The fourth-order valence-corrected chi connectivity index (χ4v) is 0.918. The minimum atomic E-state index is -0.0896. The van der Waals surface area contributed by atoms with Crippen LogP contribution in [0.4, 0.5) is 5.95 Å². The molecule has 0 aliphatic carbocycles. The zero-order valence-electron chi connectivity index (χ0n) is 8.03. The van der Waals surface area contributed by atoms with Crippen LogP contribution in [0, 0.1) is 0 Å². The number of carbonyl (C=O) groups is 1. The summed E-state index contributed by atoms with van der Waals surface area (Å²) in [6, 6.07) is 0. The van der Waals surface area contributed by atoms with Gasteiger partial charge in [-0.15, -0.1) is 5.10 Å². The first kappa shape index (κ1) is 10.5. The molecule has 0 bridgehead atoms. The second kappa shape index (κ2) is 5.98. The van der Waals surface area contributed by atoms with Gasteiger partial charge in [-0.25, -0.2) is 4.98 Å². The third-order valence-corrected chi connectivity index (χ3v) is 1.56. The Hall–Kier alpha value is -1.56. The predicted octanol–water partition coefficient (Wildman–Crippen LogP) is -0.190. The molecule has 0 aliphatic rings. The lowest BCUT2D eigenvalue weighted by Crippen LogP contribution is -2.16. The van der Waals surface area contributed by atoms with E-state index in [9.17, 15) is 4.79 Å². The molecule has 0 aromatic carbocycles. The Balaban J connectivity index is 2.27. The molecule has 0 fully saturated rings. The van der Waals surface area contributed by atoms with Crippen molar-refractivity contribution in [3.8, 4) is 0 Å². The highest BCUT2D eigenvalue weighted by molar-refractivity contribution is 5.88. The highest BCUT2D eigenvalue weighted by Gasteiger charge is 2.02. The van der Waals surface area contributed by atoms with Crippen molar-refractivity contribution >= 4 is 11.9 Å². The summed E-state index contributed by atoms with van der Waals surface area (Å²) in [6.45, 7) is 0.821. The largest absolute Gasteiger partial charge is 0.320 e. The maximum absolute atomic E-state index is 11.2. The van der Waals surface area contributed by atoms with Crippen LogP contribution in [0.1, 0.15) is 12.8 Å². The molecule has 6 nitrogen and oxygen atoms in total. The van der Waals surface area contributed by atoms with E-state index in [-0.39, 0.29) is 11.9 Å². The summed E-state index contributed by atoms with van der Waals surface area (Å²) in [5, 5.41) is 12.7. The Bertz CT molecular complexity index is 276. The van der Waals surface area contributed by atoms with Crippen molar-refractivity contribution in [3.05, 3.63) is 12.4 Å². The van der Waals surface area contributed by atoms with Crippen molar-refractivity contribution in [2.24, 2.45) is 0 Å². The molecule has 1 heterocycles. The molecular formula is C8H13N5O. The molecule has 6 heteroatoms. The maximum atomic E-state index is 11.2. The fraction of sp³-hybridized carbons (Fsp3) is 0.500. The number of rotatable bonds is 5. The standard InChI is InChI=1S/C8H13N5O/c1-9-4-2-3-7(14)12-8-10-5-6-11-13-8/h5-6,9H,2-4H2,1H3,(H,10,12,13,14). The molecule has 1 amide bonds. The lowest BCUT2D eigenvalue weighted by Gasteiger charge is -2.01. The van der Waals surface area contributed by atoms with Gasteiger partial charge in [-0.05, 0) is 20.0 Å². The first-order valence-electron chi connectivity index (χ1n) is 4.41. The van der Waals surface area contributed by atoms with Gasteiger partial charge in [-0.1, -0.05) is 0 Å². The molecular weight excluding hydrogens is 182 g/mol. The highest BCUT2D eigenvalue weighted by atomic mass is 16.1. The van der Waals surface area contributed by atoms with E-state index in [1.165, 1.54) is 12.4 Å². The summed E-state index contributed by atoms with van der Waals surface area (Å²) in [5.41, 5.74) is 0. The van der Waals surface area contributed by atoms with E-state index in [1.54, 1.807) is 0 Å². The molecule has 0 spiro atoms. The van der Waals surface area contributed by atoms with Gasteiger partial charge in [0.2, 0.25) is 11.9 Å². The van der Waals surface area contributed by atoms with E-state index < -0.39 is 0 Å². The maximum Gasteiger partial charge on any atom is 0.249 e. The van der Waals surface area contributed by atoms with Crippen molar-refractivity contribution in [3.63, 3.8) is 0 Å². The topological polar surface area (TPSA) is 79.8 Å². The minimum Gasteiger partial charge on any atom is -0.320 e. The number of carbonyl (C=O) groups excluding carboxylic acids is 1. The van der Waals surface area contributed by atoms with Crippen LogP contribution in [0.5, 0.6) is 0 Å². The molecule has 14 heavy (non-hydrogen) atoms. The van der Waals surface area contributed by atoms with E-state index in [4.69, 9.17) is 0 Å². The summed E-state index contributed by atoms with van der Waals surface area (Å²) in [4.78, 5) is 15.1. The second-order valence-electron chi connectivity index (χ2n) is 2.72. The molecule has 0 radical (unpaired) electrons. The van der Waals surface area contributed by atoms with E-state index in [2.05, 4.69) is 25.8 Å². The number of hydrogen-bond acceptors (Lipinski definition) is 5. The van der Waals surface area contributed by atoms with Crippen LogP contribution >= 0.6 is 0 Å². The molecule has 1 aromatic heterocycles. The summed E-state index contributed by atoms with van der Waals surface area (Å²) >= 11 is 0. The summed E-state index contributed by atoms with van der Waals surface area (Å²) in [5.74, 6) is 0.162. The third kappa shape index (κ3) is 3.90. The van der Waals surface area contributed by atoms with Crippen LogP contribution in [0.25, 0.3) is 0 Å². The first-order chi connectivity index (χ1) is 6.83. The molecule has 76 valence electrons. The van der Waals surface area contributed by atoms with E-state index in [0.29, 0.717) is 6.42 Å². The van der Waals surface area contributed by atoms with Crippen LogP contribution in [-0.4, -0.2) is 34.7 Å². The van der Waals surface area contributed by atoms with Gasteiger partial charge in [0.15, 0.2) is 0 Å². The number of hydrogen-bond donors (Lipinski definition) is 2. The van der Waals surface area contributed by atoms with Crippen molar-refractivity contribution in [2.45, 2.75) is 12.8 Å². The van der Waals surface area contributed by atoms with Gasteiger partial charge in [-0.3, -0.25) is 10.1 Å².